The lowest BCUT2D eigenvalue weighted by Gasteiger charge is -2.16. The van der Waals surface area contributed by atoms with Crippen molar-refractivity contribution < 1.29 is 28.9 Å². The molecule has 0 saturated heterocycles. The van der Waals surface area contributed by atoms with Gasteiger partial charge >= 0.3 is 11.9 Å². The molecular formula is C26H28N2O6. The molecule has 0 unspecified atom stereocenters. The van der Waals surface area contributed by atoms with Crippen molar-refractivity contribution in [1.29, 1.82) is 0 Å². The maximum Gasteiger partial charge on any atom is 0.333 e. The fourth-order valence-electron chi connectivity index (χ4n) is 4.44. The maximum absolute atomic E-state index is 12.6. The van der Waals surface area contributed by atoms with E-state index in [0.717, 1.165) is 58.1 Å². The Bertz CT molecular complexity index is 1050. The van der Waals surface area contributed by atoms with Crippen LogP contribution in [0.15, 0.2) is 36.4 Å². The Morgan fingerprint density at radius 2 is 1.15 bits per heavy atom. The third-order valence-electron chi connectivity index (χ3n) is 6.06. The van der Waals surface area contributed by atoms with E-state index >= 15 is 0 Å². The number of hydroxylamine groups is 4. The van der Waals surface area contributed by atoms with Gasteiger partial charge in [0.25, 0.3) is 11.8 Å². The van der Waals surface area contributed by atoms with Crippen molar-refractivity contribution in [3.63, 3.8) is 0 Å². The number of amides is 2. The number of rotatable bonds is 9. The molecule has 2 heterocycles. The molecule has 34 heavy (non-hydrogen) atoms. The third-order valence-corrected chi connectivity index (χ3v) is 6.06. The number of carbonyl (C=O) groups excluding carboxylic acids is 4. The minimum absolute atomic E-state index is 0.196. The first kappa shape index (κ1) is 23.5. The smallest absolute Gasteiger partial charge is 0.333 e. The molecule has 4 rings (SSSR count). The minimum Gasteiger partial charge on any atom is -0.338 e. The number of benzene rings is 2. The average molecular weight is 465 g/mol. The summed E-state index contributed by atoms with van der Waals surface area (Å²) in [6, 6.07) is 11.0. The second-order valence-electron chi connectivity index (χ2n) is 8.50. The molecule has 2 amide bonds. The first-order valence-electron chi connectivity index (χ1n) is 11.7. The van der Waals surface area contributed by atoms with Gasteiger partial charge in [-0.1, -0.05) is 51.0 Å². The number of hydrogen-bond acceptors (Lipinski definition) is 6. The lowest BCUT2D eigenvalue weighted by molar-refractivity contribution is -0.185. The van der Waals surface area contributed by atoms with E-state index in [4.69, 9.17) is 9.68 Å². The van der Waals surface area contributed by atoms with E-state index in [9.17, 15) is 19.2 Å². The van der Waals surface area contributed by atoms with Crippen LogP contribution in [-0.4, -0.2) is 33.9 Å². The van der Waals surface area contributed by atoms with Crippen molar-refractivity contribution in [3.8, 4) is 0 Å². The largest absolute Gasteiger partial charge is 0.338 e. The number of fused-ring (bicyclic) bond motifs is 2. The average Bonchev–Trinajstić information content (AvgIpc) is 3.31. The van der Waals surface area contributed by atoms with Gasteiger partial charge in [-0.05, 0) is 47.2 Å². The van der Waals surface area contributed by atoms with Crippen LogP contribution in [0.4, 0.5) is 0 Å². The molecule has 0 aliphatic carbocycles. The zero-order valence-electron chi connectivity index (χ0n) is 19.5. The normalized spacial score (nSPS) is 14.3. The highest BCUT2D eigenvalue weighted by atomic mass is 16.7. The molecule has 0 aromatic heterocycles. The highest BCUT2D eigenvalue weighted by Crippen LogP contribution is 2.28. The quantitative estimate of drug-likeness (QED) is 0.559. The first-order valence-corrected chi connectivity index (χ1v) is 11.7. The third kappa shape index (κ3) is 4.66. The van der Waals surface area contributed by atoms with Gasteiger partial charge in [-0.25, -0.2) is 9.59 Å². The van der Waals surface area contributed by atoms with E-state index in [2.05, 4.69) is 13.8 Å². The molecule has 0 bridgehead atoms. The fraction of sp³-hybridized carbons (Fsp3) is 0.385. The van der Waals surface area contributed by atoms with Crippen LogP contribution in [0.5, 0.6) is 0 Å². The summed E-state index contributed by atoms with van der Waals surface area (Å²) < 4.78 is 0. The molecular weight excluding hydrogens is 436 g/mol. The van der Waals surface area contributed by atoms with E-state index < -0.39 is 11.9 Å². The van der Waals surface area contributed by atoms with Crippen LogP contribution in [0.2, 0.25) is 0 Å². The summed E-state index contributed by atoms with van der Waals surface area (Å²) in [4.78, 5) is 60.2. The second-order valence-corrected chi connectivity index (χ2v) is 8.50. The van der Waals surface area contributed by atoms with E-state index in [1.807, 2.05) is 24.3 Å². The molecule has 2 aliphatic heterocycles. The van der Waals surface area contributed by atoms with Crippen LogP contribution >= 0.6 is 0 Å². The monoisotopic (exact) mass is 464 g/mol. The van der Waals surface area contributed by atoms with Crippen LogP contribution in [0.1, 0.15) is 82.5 Å². The van der Waals surface area contributed by atoms with Gasteiger partial charge in [0.2, 0.25) is 0 Å². The molecule has 0 saturated carbocycles. The summed E-state index contributed by atoms with van der Waals surface area (Å²) in [7, 11) is 0. The summed E-state index contributed by atoms with van der Waals surface area (Å²) >= 11 is 0. The Morgan fingerprint density at radius 3 is 1.53 bits per heavy atom. The van der Waals surface area contributed by atoms with Crippen molar-refractivity contribution in [1.82, 2.24) is 10.1 Å². The molecule has 2 aromatic carbocycles. The molecule has 0 fully saturated rings. The second kappa shape index (κ2) is 10.1. The van der Waals surface area contributed by atoms with E-state index in [1.165, 1.54) is 0 Å². The van der Waals surface area contributed by atoms with Crippen molar-refractivity contribution >= 4 is 23.8 Å². The Labute approximate surface area is 198 Å². The number of hydrogen-bond donors (Lipinski definition) is 0. The lowest BCUT2D eigenvalue weighted by Crippen LogP contribution is -2.29. The van der Waals surface area contributed by atoms with Gasteiger partial charge in [-0.2, -0.15) is 10.1 Å². The van der Waals surface area contributed by atoms with Gasteiger partial charge in [0, 0.05) is 11.1 Å². The summed E-state index contributed by atoms with van der Waals surface area (Å²) in [6.07, 6.45) is 3.02. The zero-order chi connectivity index (χ0) is 24.2. The van der Waals surface area contributed by atoms with Gasteiger partial charge in [0.15, 0.2) is 0 Å². The Balaban J connectivity index is 1.28. The highest BCUT2D eigenvalue weighted by molar-refractivity contribution is 5.99. The molecule has 0 atom stereocenters. The molecule has 8 heteroatoms. The van der Waals surface area contributed by atoms with Gasteiger partial charge in [-0.3, -0.25) is 9.59 Å². The Morgan fingerprint density at radius 1 is 0.735 bits per heavy atom. The number of aryl methyl sites for hydroxylation is 2. The minimum atomic E-state index is -0.712. The predicted molar refractivity (Wildman–Crippen MR) is 122 cm³/mol. The SMILES string of the molecule is CCCc1cccc2c1CN(OC(=O)CCC(=O)ON1Cc3c(CCC)cccc3C1=O)C2=O. The first-order chi connectivity index (χ1) is 16.4. The van der Waals surface area contributed by atoms with Crippen LogP contribution in [0, 0.1) is 0 Å². The molecule has 2 aromatic rings. The topological polar surface area (TPSA) is 93.2 Å². The summed E-state index contributed by atoms with van der Waals surface area (Å²) in [5.41, 5.74) is 4.94. The van der Waals surface area contributed by atoms with Crippen LogP contribution < -0.4 is 0 Å². The van der Waals surface area contributed by atoms with Crippen molar-refractivity contribution in [2.24, 2.45) is 0 Å². The van der Waals surface area contributed by atoms with Gasteiger partial charge < -0.3 is 9.68 Å². The van der Waals surface area contributed by atoms with Crippen molar-refractivity contribution in [3.05, 3.63) is 69.8 Å². The Hall–Kier alpha value is -3.68. The van der Waals surface area contributed by atoms with Crippen LogP contribution in [-0.2, 0) is 45.2 Å². The standard InChI is InChI=1S/C26H28N2O6/c1-3-7-17-9-5-11-19-21(17)15-27(25(19)31)33-23(29)13-14-24(30)34-28-16-22-18(8-4-2)10-6-12-20(22)26(28)32/h5-6,9-12H,3-4,7-8,13-16H2,1-2H3. The maximum atomic E-state index is 12.6. The molecule has 0 N–H and O–H groups in total. The zero-order valence-corrected chi connectivity index (χ0v) is 19.5. The highest BCUT2D eigenvalue weighted by Gasteiger charge is 2.34. The molecule has 0 spiro atoms. The summed E-state index contributed by atoms with van der Waals surface area (Å²) in [5, 5.41) is 2.07. The van der Waals surface area contributed by atoms with Crippen molar-refractivity contribution in [2.45, 2.75) is 65.5 Å². The molecule has 8 nitrogen and oxygen atoms in total. The molecule has 178 valence electrons. The predicted octanol–water partition coefficient (Wildman–Crippen LogP) is 3.90. The number of carbonyl (C=O) groups is 4. The van der Waals surface area contributed by atoms with E-state index in [1.54, 1.807) is 12.1 Å². The van der Waals surface area contributed by atoms with Gasteiger partial charge in [-0.15, -0.1) is 0 Å². The molecule has 0 radical (unpaired) electrons. The van der Waals surface area contributed by atoms with E-state index in [0.29, 0.717) is 11.1 Å². The van der Waals surface area contributed by atoms with Crippen LogP contribution in [0.25, 0.3) is 0 Å². The Kier molecular flexibility index (Phi) is 6.95. The molecule has 2 aliphatic rings. The van der Waals surface area contributed by atoms with Crippen LogP contribution in [0.3, 0.4) is 0 Å². The summed E-state index contributed by atoms with van der Waals surface area (Å²) in [6.45, 7) is 4.51. The number of nitrogens with zero attached hydrogens (tertiary/aromatic N) is 2. The van der Waals surface area contributed by atoms with Gasteiger partial charge in [0.05, 0.1) is 25.9 Å². The van der Waals surface area contributed by atoms with Crippen molar-refractivity contribution in [2.75, 3.05) is 0 Å². The van der Waals surface area contributed by atoms with E-state index in [-0.39, 0.29) is 37.7 Å². The lowest BCUT2D eigenvalue weighted by atomic mass is 10.00. The van der Waals surface area contributed by atoms with Gasteiger partial charge in [0.1, 0.15) is 0 Å². The fourth-order valence-corrected chi connectivity index (χ4v) is 4.44. The summed E-state index contributed by atoms with van der Waals surface area (Å²) in [5.74, 6) is -2.16.